The first-order valence-electron chi connectivity index (χ1n) is 5.71. The molecule has 0 aliphatic heterocycles. The van der Waals surface area contributed by atoms with Gasteiger partial charge in [0.1, 0.15) is 0 Å². The summed E-state index contributed by atoms with van der Waals surface area (Å²) < 4.78 is 0. The smallest absolute Gasteiger partial charge is 0.0625 e. The van der Waals surface area contributed by atoms with E-state index in [0.717, 1.165) is 33.2 Å². The molecule has 0 saturated heterocycles. The van der Waals surface area contributed by atoms with Gasteiger partial charge >= 0.3 is 0 Å². The van der Waals surface area contributed by atoms with Crippen LogP contribution in [0.5, 0.6) is 0 Å². The molecule has 0 saturated carbocycles. The Labute approximate surface area is 122 Å². The van der Waals surface area contributed by atoms with E-state index in [9.17, 15) is 0 Å². The van der Waals surface area contributed by atoms with Crippen molar-refractivity contribution in [2.45, 2.75) is 18.7 Å². The fraction of sp³-hybridized carbons (Fsp3) is 0.200. The molecule has 0 radical (unpaired) electrons. The third kappa shape index (κ3) is 3.41. The summed E-state index contributed by atoms with van der Waals surface area (Å²) in [5.74, 6) is 0. The topological polar surface area (TPSA) is 0 Å². The number of halogens is 3. The van der Waals surface area contributed by atoms with Gasteiger partial charge in [0.15, 0.2) is 0 Å². The number of hydrogen-bond donors (Lipinski definition) is 0. The quantitative estimate of drug-likeness (QED) is 0.626. The summed E-state index contributed by atoms with van der Waals surface area (Å²) in [6, 6.07) is 13.7. The van der Waals surface area contributed by atoms with Crippen LogP contribution in [-0.4, -0.2) is 0 Å². The van der Waals surface area contributed by atoms with Gasteiger partial charge in [-0.3, -0.25) is 0 Å². The molecule has 2 rings (SSSR count). The minimum atomic E-state index is -0.0700. The van der Waals surface area contributed by atoms with Gasteiger partial charge < -0.3 is 0 Å². The van der Waals surface area contributed by atoms with E-state index in [0.29, 0.717) is 0 Å². The van der Waals surface area contributed by atoms with Crippen molar-refractivity contribution in [3.8, 4) is 0 Å². The molecule has 0 amide bonds. The first-order chi connectivity index (χ1) is 8.56. The molecular weight excluding hydrogens is 287 g/mol. The Morgan fingerprint density at radius 3 is 2.50 bits per heavy atom. The van der Waals surface area contributed by atoms with E-state index in [4.69, 9.17) is 34.8 Å². The van der Waals surface area contributed by atoms with Gasteiger partial charge in [0, 0.05) is 10.0 Å². The van der Waals surface area contributed by atoms with Crippen LogP contribution in [0.4, 0.5) is 0 Å². The maximum Gasteiger partial charge on any atom is 0.0625 e. The molecule has 0 bridgehead atoms. The van der Waals surface area contributed by atoms with Gasteiger partial charge in [0.05, 0.1) is 5.38 Å². The van der Waals surface area contributed by atoms with Crippen LogP contribution >= 0.6 is 34.8 Å². The summed E-state index contributed by atoms with van der Waals surface area (Å²) in [4.78, 5) is 0. The van der Waals surface area contributed by atoms with E-state index in [2.05, 4.69) is 0 Å². The van der Waals surface area contributed by atoms with Crippen LogP contribution in [0.3, 0.4) is 0 Å². The fourth-order valence-electron chi connectivity index (χ4n) is 1.85. The summed E-state index contributed by atoms with van der Waals surface area (Å²) in [6.07, 6.45) is 0.753. The van der Waals surface area contributed by atoms with Gasteiger partial charge in [-0.05, 0) is 48.2 Å². The minimum absolute atomic E-state index is 0.0700. The summed E-state index contributed by atoms with van der Waals surface area (Å²) in [6.45, 7) is 1.98. The van der Waals surface area contributed by atoms with Gasteiger partial charge in [-0.2, -0.15) is 0 Å². The van der Waals surface area contributed by atoms with E-state index >= 15 is 0 Å². The average Bonchev–Trinajstić information content (AvgIpc) is 2.32. The first kappa shape index (κ1) is 13.7. The Kier molecular flexibility index (Phi) is 4.55. The largest absolute Gasteiger partial charge is 0.117 e. The van der Waals surface area contributed by atoms with Crippen molar-refractivity contribution in [3.05, 3.63) is 69.2 Å². The van der Waals surface area contributed by atoms with Gasteiger partial charge in [-0.1, -0.05) is 47.5 Å². The van der Waals surface area contributed by atoms with E-state index in [1.54, 1.807) is 0 Å². The van der Waals surface area contributed by atoms with Crippen LogP contribution in [0.1, 0.15) is 22.1 Å². The highest BCUT2D eigenvalue weighted by Crippen LogP contribution is 2.28. The fourth-order valence-corrected chi connectivity index (χ4v) is 2.50. The standard InChI is InChI=1S/C15H13Cl3/c1-10-7-12(5-6-14(10)17)15(18)9-11-3-2-4-13(16)8-11/h2-8,15H,9H2,1H3. The van der Waals surface area contributed by atoms with Crippen molar-refractivity contribution in [1.29, 1.82) is 0 Å². The van der Waals surface area contributed by atoms with Crippen molar-refractivity contribution in [1.82, 2.24) is 0 Å². The third-order valence-electron chi connectivity index (χ3n) is 2.85. The molecule has 0 fully saturated rings. The average molecular weight is 300 g/mol. The lowest BCUT2D eigenvalue weighted by atomic mass is 10.0. The Morgan fingerprint density at radius 1 is 1.06 bits per heavy atom. The van der Waals surface area contributed by atoms with E-state index in [1.807, 2.05) is 49.4 Å². The lowest BCUT2D eigenvalue weighted by Gasteiger charge is -2.11. The second-order valence-corrected chi connectivity index (χ2v) is 5.68. The molecule has 2 aromatic rings. The van der Waals surface area contributed by atoms with Crippen LogP contribution in [0, 0.1) is 6.92 Å². The third-order valence-corrected chi connectivity index (χ3v) is 3.91. The number of hydrogen-bond acceptors (Lipinski definition) is 0. The highest BCUT2D eigenvalue weighted by Gasteiger charge is 2.10. The Hall–Kier alpha value is -0.690. The summed E-state index contributed by atoms with van der Waals surface area (Å²) in [7, 11) is 0. The molecule has 18 heavy (non-hydrogen) atoms. The van der Waals surface area contributed by atoms with Crippen molar-refractivity contribution in [2.75, 3.05) is 0 Å². The van der Waals surface area contributed by atoms with Crippen molar-refractivity contribution in [3.63, 3.8) is 0 Å². The second-order valence-electron chi connectivity index (χ2n) is 4.31. The molecule has 0 spiro atoms. The zero-order valence-electron chi connectivity index (χ0n) is 9.96. The number of rotatable bonds is 3. The lowest BCUT2D eigenvalue weighted by molar-refractivity contribution is 0.918. The van der Waals surface area contributed by atoms with Crippen LogP contribution in [0.25, 0.3) is 0 Å². The second kappa shape index (κ2) is 5.97. The Bertz CT molecular complexity index is 549. The molecule has 2 aromatic carbocycles. The molecule has 0 heterocycles. The predicted octanol–water partition coefficient (Wildman–Crippen LogP) is 5.82. The molecule has 3 heteroatoms. The zero-order chi connectivity index (χ0) is 13.1. The number of alkyl halides is 1. The normalized spacial score (nSPS) is 12.4. The van der Waals surface area contributed by atoms with Crippen molar-refractivity contribution >= 4 is 34.8 Å². The summed E-state index contributed by atoms with van der Waals surface area (Å²) in [5.41, 5.74) is 3.26. The summed E-state index contributed by atoms with van der Waals surface area (Å²) >= 11 is 18.4. The molecule has 0 aromatic heterocycles. The molecule has 1 atom stereocenters. The van der Waals surface area contributed by atoms with Gasteiger partial charge in [0.25, 0.3) is 0 Å². The van der Waals surface area contributed by atoms with E-state index < -0.39 is 0 Å². The number of aryl methyl sites for hydroxylation is 1. The maximum absolute atomic E-state index is 6.43. The molecule has 1 unspecified atom stereocenters. The number of benzene rings is 2. The van der Waals surface area contributed by atoms with Gasteiger partial charge in [0.2, 0.25) is 0 Å². The van der Waals surface area contributed by atoms with Crippen LogP contribution in [0.2, 0.25) is 10.0 Å². The van der Waals surface area contributed by atoms with Gasteiger partial charge in [-0.15, -0.1) is 11.6 Å². The molecule has 0 aliphatic carbocycles. The predicted molar refractivity (Wildman–Crippen MR) is 79.9 cm³/mol. The van der Waals surface area contributed by atoms with Crippen molar-refractivity contribution in [2.24, 2.45) is 0 Å². The summed E-state index contributed by atoms with van der Waals surface area (Å²) in [5, 5.41) is 1.44. The molecule has 94 valence electrons. The Morgan fingerprint density at radius 2 is 1.83 bits per heavy atom. The monoisotopic (exact) mass is 298 g/mol. The first-order valence-corrected chi connectivity index (χ1v) is 6.90. The molecular formula is C15H13Cl3. The van der Waals surface area contributed by atoms with Gasteiger partial charge in [-0.25, -0.2) is 0 Å². The van der Waals surface area contributed by atoms with Crippen LogP contribution in [0.15, 0.2) is 42.5 Å². The molecule has 0 N–H and O–H groups in total. The van der Waals surface area contributed by atoms with Crippen molar-refractivity contribution < 1.29 is 0 Å². The van der Waals surface area contributed by atoms with Crippen LogP contribution < -0.4 is 0 Å². The SMILES string of the molecule is Cc1cc(C(Cl)Cc2cccc(Cl)c2)ccc1Cl. The highest BCUT2D eigenvalue weighted by atomic mass is 35.5. The maximum atomic E-state index is 6.43. The zero-order valence-corrected chi connectivity index (χ0v) is 12.2. The van der Waals surface area contributed by atoms with E-state index in [-0.39, 0.29) is 5.38 Å². The minimum Gasteiger partial charge on any atom is -0.117 e. The lowest BCUT2D eigenvalue weighted by Crippen LogP contribution is -1.96. The molecule has 0 aliphatic rings. The Balaban J connectivity index is 2.16. The van der Waals surface area contributed by atoms with E-state index in [1.165, 1.54) is 0 Å². The highest BCUT2D eigenvalue weighted by molar-refractivity contribution is 6.31. The molecule has 0 nitrogen and oxygen atoms in total. The van der Waals surface area contributed by atoms with Crippen LogP contribution in [-0.2, 0) is 6.42 Å².